The third kappa shape index (κ3) is 2.30. The molecule has 1 aromatic heterocycles. The van der Waals surface area contributed by atoms with Gasteiger partial charge in [0.2, 0.25) is 0 Å². The molecule has 76 valence electrons. The van der Waals surface area contributed by atoms with Crippen molar-refractivity contribution in [3.63, 3.8) is 0 Å². The van der Waals surface area contributed by atoms with E-state index < -0.39 is 0 Å². The van der Waals surface area contributed by atoms with Crippen molar-refractivity contribution in [2.24, 2.45) is 0 Å². The Morgan fingerprint density at radius 3 is 2.60 bits per heavy atom. The lowest BCUT2D eigenvalue weighted by Gasteiger charge is -2.04. The highest BCUT2D eigenvalue weighted by Crippen LogP contribution is 2.30. The van der Waals surface area contributed by atoms with E-state index in [1.807, 2.05) is 6.07 Å². The molecule has 5 heteroatoms. The van der Waals surface area contributed by atoms with Gasteiger partial charge in [-0.2, -0.15) is 0 Å². The van der Waals surface area contributed by atoms with Crippen molar-refractivity contribution >= 4 is 39.1 Å². The molecule has 0 radical (unpaired) electrons. The van der Waals surface area contributed by atoms with Crippen LogP contribution in [0.5, 0.6) is 0 Å². The van der Waals surface area contributed by atoms with Gasteiger partial charge in [-0.05, 0) is 33.6 Å². The Morgan fingerprint density at radius 2 is 1.93 bits per heavy atom. The molecule has 0 fully saturated rings. The minimum absolute atomic E-state index is 0.518. The second kappa shape index (κ2) is 4.47. The Balaban J connectivity index is 2.55. The zero-order valence-electron chi connectivity index (χ0n) is 7.42. The molecule has 0 aliphatic carbocycles. The quantitative estimate of drug-likeness (QED) is 0.737. The van der Waals surface area contributed by atoms with Crippen molar-refractivity contribution in [2.75, 3.05) is 0 Å². The van der Waals surface area contributed by atoms with Crippen LogP contribution in [0.1, 0.15) is 0 Å². The third-order valence-corrected chi connectivity index (χ3v) is 3.27. The van der Waals surface area contributed by atoms with Gasteiger partial charge in [0.25, 0.3) is 0 Å². The van der Waals surface area contributed by atoms with E-state index in [0.29, 0.717) is 10.0 Å². The average Bonchev–Trinajstić information content (AvgIpc) is 2.23. The molecule has 2 aromatic rings. The SMILES string of the molecule is Clc1ccc(-c2cncnc2Br)cc1Cl. The van der Waals surface area contributed by atoms with Crippen molar-refractivity contribution in [1.29, 1.82) is 0 Å². The zero-order chi connectivity index (χ0) is 10.8. The van der Waals surface area contributed by atoms with Gasteiger partial charge < -0.3 is 0 Å². The Hall–Kier alpha value is -0.640. The number of halogens is 3. The summed E-state index contributed by atoms with van der Waals surface area (Å²) in [6, 6.07) is 5.41. The molecule has 0 saturated carbocycles. The highest BCUT2D eigenvalue weighted by atomic mass is 79.9. The number of aromatic nitrogens is 2. The Labute approximate surface area is 105 Å². The van der Waals surface area contributed by atoms with Gasteiger partial charge in [-0.25, -0.2) is 9.97 Å². The van der Waals surface area contributed by atoms with Crippen LogP contribution in [0.15, 0.2) is 35.3 Å². The zero-order valence-corrected chi connectivity index (χ0v) is 10.5. The molecule has 2 rings (SSSR count). The molecule has 0 spiro atoms. The van der Waals surface area contributed by atoms with Crippen LogP contribution >= 0.6 is 39.1 Å². The predicted molar refractivity (Wildman–Crippen MR) is 65.2 cm³/mol. The van der Waals surface area contributed by atoms with Gasteiger partial charge in [-0.3, -0.25) is 0 Å². The van der Waals surface area contributed by atoms with E-state index in [1.165, 1.54) is 6.33 Å². The number of nitrogens with zero attached hydrogens (tertiary/aromatic N) is 2. The highest BCUT2D eigenvalue weighted by Gasteiger charge is 2.06. The van der Waals surface area contributed by atoms with Crippen LogP contribution in [0.4, 0.5) is 0 Å². The molecule has 1 aromatic carbocycles. The number of hydrogen-bond donors (Lipinski definition) is 0. The smallest absolute Gasteiger partial charge is 0.117 e. The molecule has 0 saturated heterocycles. The summed E-state index contributed by atoms with van der Waals surface area (Å²) in [6.45, 7) is 0. The summed E-state index contributed by atoms with van der Waals surface area (Å²) in [6.07, 6.45) is 3.20. The average molecular weight is 304 g/mol. The maximum absolute atomic E-state index is 5.93. The molecule has 0 N–H and O–H groups in total. The fourth-order valence-electron chi connectivity index (χ4n) is 1.17. The van der Waals surface area contributed by atoms with Gasteiger partial charge >= 0.3 is 0 Å². The molecule has 0 aliphatic heterocycles. The van der Waals surface area contributed by atoms with Crippen molar-refractivity contribution in [3.05, 3.63) is 45.4 Å². The Bertz CT molecular complexity index is 503. The van der Waals surface area contributed by atoms with Crippen LogP contribution in [0.25, 0.3) is 11.1 Å². The lowest BCUT2D eigenvalue weighted by molar-refractivity contribution is 1.14. The van der Waals surface area contributed by atoms with Gasteiger partial charge in [0.05, 0.1) is 10.0 Å². The molecule has 0 amide bonds. The number of benzene rings is 1. The molecule has 0 bridgehead atoms. The molecule has 0 atom stereocenters. The van der Waals surface area contributed by atoms with Crippen LogP contribution in [0, 0.1) is 0 Å². The lowest BCUT2D eigenvalue weighted by atomic mass is 10.1. The number of rotatable bonds is 1. The summed E-state index contributed by atoms with van der Waals surface area (Å²) < 4.78 is 0.732. The van der Waals surface area contributed by atoms with E-state index in [4.69, 9.17) is 23.2 Å². The van der Waals surface area contributed by atoms with E-state index in [0.717, 1.165) is 15.7 Å². The van der Waals surface area contributed by atoms with Crippen molar-refractivity contribution in [2.45, 2.75) is 0 Å². The molecule has 0 aliphatic rings. The van der Waals surface area contributed by atoms with Gasteiger partial charge in [-0.1, -0.05) is 29.3 Å². The van der Waals surface area contributed by atoms with Crippen LogP contribution in [-0.4, -0.2) is 9.97 Å². The third-order valence-electron chi connectivity index (χ3n) is 1.89. The number of hydrogen-bond acceptors (Lipinski definition) is 2. The van der Waals surface area contributed by atoms with E-state index >= 15 is 0 Å². The van der Waals surface area contributed by atoms with Gasteiger partial charge in [0.15, 0.2) is 0 Å². The second-order valence-electron chi connectivity index (χ2n) is 2.86. The minimum Gasteiger partial charge on any atom is -0.244 e. The molecular weight excluding hydrogens is 299 g/mol. The van der Waals surface area contributed by atoms with Gasteiger partial charge in [0.1, 0.15) is 10.9 Å². The summed E-state index contributed by atoms with van der Waals surface area (Å²) >= 11 is 15.1. The minimum atomic E-state index is 0.518. The van der Waals surface area contributed by atoms with E-state index in [1.54, 1.807) is 18.3 Å². The Kier molecular flexibility index (Phi) is 3.24. The highest BCUT2D eigenvalue weighted by molar-refractivity contribution is 9.10. The van der Waals surface area contributed by atoms with Crippen LogP contribution < -0.4 is 0 Å². The predicted octanol–water partition coefficient (Wildman–Crippen LogP) is 4.21. The van der Waals surface area contributed by atoms with Crippen molar-refractivity contribution in [1.82, 2.24) is 9.97 Å². The molecule has 0 unspecified atom stereocenters. The summed E-state index contributed by atoms with van der Waals surface area (Å²) in [7, 11) is 0. The summed E-state index contributed by atoms with van der Waals surface area (Å²) in [5, 5.41) is 1.05. The van der Waals surface area contributed by atoms with E-state index in [2.05, 4.69) is 25.9 Å². The fraction of sp³-hybridized carbons (Fsp3) is 0. The van der Waals surface area contributed by atoms with Crippen molar-refractivity contribution < 1.29 is 0 Å². The molecule has 15 heavy (non-hydrogen) atoms. The summed E-state index contributed by atoms with van der Waals surface area (Å²) in [5.74, 6) is 0. The lowest BCUT2D eigenvalue weighted by Crippen LogP contribution is -1.85. The first-order valence-corrected chi connectivity index (χ1v) is 5.64. The summed E-state index contributed by atoms with van der Waals surface area (Å²) in [4.78, 5) is 7.99. The van der Waals surface area contributed by atoms with Crippen LogP contribution in [0.3, 0.4) is 0 Å². The van der Waals surface area contributed by atoms with Crippen molar-refractivity contribution in [3.8, 4) is 11.1 Å². The van der Waals surface area contributed by atoms with E-state index in [9.17, 15) is 0 Å². The summed E-state index contributed by atoms with van der Waals surface area (Å²) in [5.41, 5.74) is 1.81. The first-order chi connectivity index (χ1) is 7.18. The van der Waals surface area contributed by atoms with Gasteiger partial charge in [-0.15, -0.1) is 0 Å². The standard InChI is InChI=1S/C10H5BrCl2N2/c11-10-7(4-14-5-15-10)6-1-2-8(12)9(13)3-6/h1-5H. The maximum atomic E-state index is 5.93. The molecular formula is C10H5BrCl2N2. The first kappa shape index (κ1) is 10.9. The monoisotopic (exact) mass is 302 g/mol. The van der Waals surface area contributed by atoms with Gasteiger partial charge in [0, 0.05) is 11.8 Å². The largest absolute Gasteiger partial charge is 0.244 e. The van der Waals surface area contributed by atoms with Crippen LogP contribution in [0.2, 0.25) is 10.0 Å². The maximum Gasteiger partial charge on any atom is 0.117 e. The van der Waals surface area contributed by atoms with Crippen LogP contribution in [-0.2, 0) is 0 Å². The molecule has 1 heterocycles. The topological polar surface area (TPSA) is 25.8 Å². The first-order valence-electron chi connectivity index (χ1n) is 4.09. The fourth-order valence-corrected chi connectivity index (χ4v) is 1.89. The van der Waals surface area contributed by atoms with E-state index in [-0.39, 0.29) is 0 Å². The normalized spacial score (nSPS) is 10.3. The molecule has 2 nitrogen and oxygen atoms in total. The Morgan fingerprint density at radius 1 is 1.13 bits per heavy atom. The second-order valence-corrected chi connectivity index (χ2v) is 4.42.